The van der Waals surface area contributed by atoms with Crippen molar-refractivity contribution in [2.75, 3.05) is 19.0 Å². The Hall–Kier alpha value is -2.16. The highest BCUT2D eigenvalue weighted by atomic mass is 35.5. The molecular formula is C22H31ClN6OS. The first-order valence-corrected chi connectivity index (χ1v) is 11.4. The summed E-state index contributed by atoms with van der Waals surface area (Å²) in [6.07, 6.45) is 5.04. The number of nitrogens with two attached hydrogens (primary N) is 1. The van der Waals surface area contributed by atoms with Gasteiger partial charge in [-0.2, -0.15) is 0 Å². The Kier molecular flexibility index (Phi) is 6.64. The van der Waals surface area contributed by atoms with E-state index in [4.69, 9.17) is 17.3 Å². The summed E-state index contributed by atoms with van der Waals surface area (Å²) in [6.45, 7) is 8.92. The van der Waals surface area contributed by atoms with Crippen LogP contribution in [0.15, 0.2) is 23.3 Å². The Morgan fingerprint density at radius 3 is 2.48 bits per heavy atom. The minimum atomic E-state index is 0.0286. The first-order valence-electron chi connectivity index (χ1n) is 10.2. The van der Waals surface area contributed by atoms with Gasteiger partial charge in [0.1, 0.15) is 5.75 Å². The molecule has 0 bridgehead atoms. The molecule has 0 atom stereocenters. The molecule has 0 unspecified atom stereocenters. The van der Waals surface area contributed by atoms with Gasteiger partial charge < -0.3 is 21.1 Å². The molecule has 4 N–H and O–H groups in total. The Balaban J connectivity index is 1.90. The van der Waals surface area contributed by atoms with E-state index in [0.717, 1.165) is 18.0 Å². The fourth-order valence-electron chi connectivity index (χ4n) is 4.48. The third-order valence-electron chi connectivity index (χ3n) is 5.50. The number of aromatic hydroxyl groups is 1. The van der Waals surface area contributed by atoms with Crippen LogP contribution in [0.2, 0.25) is 5.02 Å². The molecule has 1 fully saturated rings. The van der Waals surface area contributed by atoms with Gasteiger partial charge in [-0.3, -0.25) is 4.99 Å². The molecule has 2 aromatic rings. The van der Waals surface area contributed by atoms with E-state index >= 15 is 0 Å². The number of phenols is 1. The molecule has 1 aliphatic rings. The molecule has 0 saturated carbocycles. The van der Waals surface area contributed by atoms with E-state index in [1.807, 2.05) is 0 Å². The average Bonchev–Trinajstić information content (AvgIpc) is 3.11. The van der Waals surface area contributed by atoms with Crippen molar-refractivity contribution in [3.05, 3.63) is 28.9 Å². The van der Waals surface area contributed by atoms with Gasteiger partial charge in [0, 0.05) is 49.2 Å². The molecule has 0 amide bonds. The molecular weight excluding hydrogens is 432 g/mol. The molecule has 3 rings (SSSR count). The Labute approximate surface area is 193 Å². The standard InChI is InChI=1S/C22H31ClN6OS/c1-21(2)9-15(10-22(3,4)28-21)29(6)20-27-26-19(31-20)18-16(23)7-13(8-17(18)30)14(11-24)12-25-5/h7-8,11-12,15,28,30H,9-10,24H2,1-6H3. The molecule has 1 aromatic carbocycles. The van der Waals surface area contributed by atoms with Crippen LogP contribution in [0.3, 0.4) is 0 Å². The summed E-state index contributed by atoms with van der Waals surface area (Å²) in [4.78, 5) is 6.17. The van der Waals surface area contributed by atoms with Gasteiger partial charge in [-0.25, -0.2) is 0 Å². The van der Waals surface area contributed by atoms with Crippen LogP contribution in [-0.4, -0.2) is 52.7 Å². The molecule has 0 radical (unpaired) electrons. The first-order chi connectivity index (χ1) is 14.5. The van der Waals surface area contributed by atoms with Gasteiger partial charge in [-0.1, -0.05) is 22.9 Å². The van der Waals surface area contributed by atoms with E-state index in [2.05, 4.69) is 60.1 Å². The van der Waals surface area contributed by atoms with Gasteiger partial charge in [0.25, 0.3) is 0 Å². The van der Waals surface area contributed by atoms with Gasteiger partial charge in [0.05, 0.1) is 10.6 Å². The molecule has 0 spiro atoms. The van der Waals surface area contributed by atoms with Crippen LogP contribution in [0.4, 0.5) is 5.13 Å². The van der Waals surface area contributed by atoms with Crippen LogP contribution in [0.25, 0.3) is 16.1 Å². The summed E-state index contributed by atoms with van der Waals surface area (Å²) in [7, 11) is 3.71. The summed E-state index contributed by atoms with van der Waals surface area (Å²) in [5, 5.41) is 24.9. The average molecular weight is 463 g/mol. The van der Waals surface area contributed by atoms with E-state index in [1.165, 1.54) is 17.5 Å². The van der Waals surface area contributed by atoms with Crippen LogP contribution >= 0.6 is 22.9 Å². The van der Waals surface area contributed by atoms with Crippen LogP contribution in [-0.2, 0) is 0 Å². The fourth-order valence-corrected chi connectivity index (χ4v) is 5.79. The fraction of sp³-hybridized carbons (Fsp3) is 0.500. The number of benzene rings is 1. The zero-order valence-electron chi connectivity index (χ0n) is 18.9. The number of anilines is 1. The Morgan fingerprint density at radius 2 is 1.94 bits per heavy atom. The number of allylic oxidation sites excluding steroid dienone is 1. The second-order valence-corrected chi connectivity index (χ2v) is 10.7. The van der Waals surface area contributed by atoms with Gasteiger partial charge in [-0.15, -0.1) is 10.2 Å². The number of nitrogens with zero attached hydrogens (tertiary/aromatic N) is 4. The summed E-state index contributed by atoms with van der Waals surface area (Å²) < 4.78 is 0. The highest BCUT2D eigenvalue weighted by molar-refractivity contribution is 7.18. The normalized spacial score (nSPS) is 19.1. The topological polar surface area (TPSA) is 99.7 Å². The number of nitrogens with one attached hydrogen (secondary N) is 1. The quantitative estimate of drug-likeness (QED) is 0.572. The molecule has 0 aliphatic carbocycles. The number of phenolic OH excluding ortho intramolecular Hbond substituents is 1. The van der Waals surface area contributed by atoms with Crippen molar-refractivity contribution in [2.24, 2.45) is 10.7 Å². The lowest BCUT2D eigenvalue weighted by molar-refractivity contribution is 0.161. The van der Waals surface area contributed by atoms with Crippen molar-refractivity contribution in [3.8, 4) is 16.3 Å². The second kappa shape index (κ2) is 8.76. The van der Waals surface area contributed by atoms with Crippen LogP contribution in [0, 0.1) is 0 Å². The number of hydrogen-bond donors (Lipinski definition) is 3. The molecule has 1 aliphatic heterocycles. The smallest absolute Gasteiger partial charge is 0.208 e. The van der Waals surface area contributed by atoms with E-state index in [-0.39, 0.29) is 16.8 Å². The minimum Gasteiger partial charge on any atom is -0.507 e. The summed E-state index contributed by atoms with van der Waals surface area (Å²) in [5.41, 5.74) is 7.55. The first kappa shape index (κ1) is 23.5. The van der Waals surface area contributed by atoms with Crippen LogP contribution in [0.5, 0.6) is 5.75 Å². The van der Waals surface area contributed by atoms with Crippen molar-refractivity contribution in [1.82, 2.24) is 15.5 Å². The molecule has 1 aromatic heterocycles. The summed E-state index contributed by atoms with van der Waals surface area (Å²) in [6, 6.07) is 3.69. The number of piperidine rings is 1. The SMILES string of the molecule is CN=CC(=CN)c1cc(O)c(-c2nnc(N(C)C3CC(C)(C)NC(C)(C)C3)s2)c(Cl)c1. The van der Waals surface area contributed by atoms with E-state index in [1.54, 1.807) is 25.4 Å². The van der Waals surface area contributed by atoms with Crippen molar-refractivity contribution < 1.29 is 5.11 Å². The van der Waals surface area contributed by atoms with Gasteiger partial charge in [-0.05, 0) is 58.2 Å². The Bertz CT molecular complexity index is 974. The summed E-state index contributed by atoms with van der Waals surface area (Å²) in [5.74, 6) is 0.0286. The molecule has 7 nitrogen and oxygen atoms in total. The predicted molar refractivity (Wildman–Crippen MR) is 131 cm³/mol. The second-order valence-electron chi connectivity index (χ2n) is 9.32. The third kappa shape index (κ3) is 5.19. The number of aliphatic imine (C=N–C) groups is 1. The van der Waals surface area contributed by atoms with Crippen molar-refractivity contribution in [1.29, 1.82) is 0 Å². The van der Waals surface area contributed by atoms with Crippen molar-refractivity contribution in [3.63, 3.8) is 0 Å². The zero-order chi connectivity index (χ0) is 23.0. The molecule has 1 saturated heterocycles. The van der Waals surface area contributed by atoms with Crippen LogP contribution in [0.1, 0.15) is 46.1 Å². The minimum absolute atomic E-state index is 0.0286. The maximum atomic E-state index is 10.7. The lowest BCUT2D eigenvalue weighted by Gasteiger charge is -2.48. The van der Waals surface area contributed by atoms with E-state index < -0.39 is 0 Å². The van der Waals surface area contributed by atoms with Crippen molar-refractivity contribution >= 4 is 39.9 Å². The zero-order valence-corrected chi connectivity index (χ0v) is 20.5. The van der Waals surface area contributed by atoms with Crippen molar-refractivity contribution in [2.45, 2.75) is 57.7 Å². The number of aromatic nitrogens is 2. The largest absolute Gasteiger partial charge is 0.507 e. The van der Waals surface area contributed by atoms with Crippen LogP contribution < -0.4 is 16.0 Å². The van der Waals surface area contributed by atoms with Gasteiger partial charge in [0.15, 0.2) is 5.01 Å². The monoisotopic (exact) mass is 462 g/mol. The van der Waals surface area contributed by atoms with Gasteiger partial charge in [0.2, 0.25) is 5.13 Å². The lowest BCUT2D eigenvalue weighted by Crippen LogP contribution is -2.61. The van der Waals surface area contributed by atoms with E-state index in [0.29, 0.717) is 32.8 Å². The third-order valence-corrected chi connectivity index (χ3v) is 6.83. The molecule has 31 heavy (non-hydrogen) atoms. The number of hydrogen-bond acceptors (Lipinski definition) is 8. The highest BCUT2D eigenvalue weighted by Crippen LogP contribution is 2.42. The maximum Gasteiger partial charge on any atom is 0.208 e. The van der Waals surface area contributed by atoms with E-state index in [9.17, 15) is 5.11 Å². The number of halogens is 1. The molecule has 168 valence electrons. The lowest BCUT2D eigenvalue weighted by atomic mass is 9.79. The Morgan fingerprint density at radius 1 is 1.29 bits per heavy atom. The summed E-state index contributed by atoms with van der Waals surface area (Å²) >= 11 is 7.95. The predicted octanol–water partition coefficient (Wildman–Crippen LogP) is 4.31. The number of rotatable bonds is 5. The molecule has 2 heterocycles. The maximum absolute atomic E-state index is 10.7. The molecule has 9 heteroatoms. The highest BCUT2D eigenvalue weighted by Gasteiger charge is 2.39. The van der Waals surface area contributed by atoms with Gasteiger partial charge >= 0.3 is 0 Å².